The van der Waals surface area contributed by atoms with Crippen LogP contribution in [0.1, 0.15) is 30.1 Å². The Balaban J connectivity index is 1.27. The van der Waals surface area contributed by atoms with Crippen molar-refractivity contribution in [1.82, 2.24) is 25.1 Å². The lowest BCUT2D eigenvalue weighted by Crippen LogP contribution is -2.27. The zero-order chi connectivity index (χ0) is 23.3. The van der Waals surface area contributed by atoms with Crippen LogP contribution in [0.4, 0.5) is 5.82 Å². The lowest BCUT2D eigenvalue weighted by molar-refractivity contribution is 0.0952. The van der Waals surface area contributed by atoms with Gasteiger partial charge in [-0.1, -0.05) is 61.2 Å². The van der Waals surface area contributed by atoms with Gasteiger partial charge in [-0.25, -0.2) is 14.6 Å². The fraction of sp³-hybridized carbons (Fsp3) is 0.308. The Morgan fingerprint density at radius 3 is 2.47 bits per heavy atom. The highest BCUT2D eigenvalue weighted by atomic mass is 32.2. The molecule has 0 bridgehead atoms. The molecule has 174 valence electrons. The molecule has 1 fully saturated rings. The molecule has 7 nitrogen and oxygen atoms in total. The first-order valence-electron chi connectivity index (χ1n) is 11.8. The van der Waals surface area contributed by atoms with E-state index in [1.807, 2.05) is 53.3 Å². The van der Waals surface area contributed by atoms with Crippen molar-refractivity contribution in [2.75, 3.05) is 30.3 Å². The number of thioether (sulfide) groups is 1. The topological polar surface area (TPSA) is 75.9 Å². The van der Waals surface area contributed by atoms with Crippen LogP contribution in [0.15, 0.2) is 66.0 Å². The number of fused-ring (bicyclic) bond motifs is 1. The molecule has 0 unspecified atom stereocenters. The van der Waals surface area contributed by atoms with Crippen molar-refractivity contribution in [3.05, 3.63) is 66.4 Å². The molecule has 1 aliphatic heterocycles. The Bertz CT molecular complexity index is 1270. The van der Waals surface area contributed by atoms with E-state index >= 15 is 0 Å². The van der Waals surface area contributed by atoms with Crippen molar-refractivity contribution in [1.29, 1.82) is 0 Å². The summed E-state index contributed by atoms with van der Waals surface area (Å²) >= 11 is 1.64. The number of anilines is 1. The molecule has 1 N–H and O–H groups in total. The first kappa shape index (κ1) is 22.4. The summed E-state index contributed by atoms with van der Waals surface area (Å²) in [5, 5.41) is 9.34. The van der Waals surface area contributed by atoms with Crippen molar-refractivity contribution in [3.63, 3.8) is 0 Å². The maximum atomic E-state index is 12.7. The van der Waals surface area contributed by atoms with Gasteiger partial charge in [0.05, 0.1) is 18.1 Å². The Hall–Kier alpha value is -3.39. The van der Waals surface area contributed by atoms with Crippen LogP contribution in [0.3, 0.4) is 0 Å². The van der Waals surface area contributed by atoms with Crippen LogP contribution >= 0.6 is 11.8 Å². The number of nitrogens with zero attached hydrogens (tertiary/aromatic N) is 5. The SMILES string of the molecule is CCSc1nc(N2CCCC2)c2cnn(CCNC(=O)c3ccc(-c4ccccc4)cc3)c2n1. The molecule has 1 saturated heterocycles. The third-order valence-corrected chi connectivity index (χ3v) is 6.73. The minimum atomic E-state index is -0.0920. The lowest BCUT2D eigenvalue weighted by atomic mass is 10.0. The quantitative estimate of drug-likeness (QED) is 0.298. The number of hydrogen-bond acceptors (Lipinski definition) is 6. The van der Waals surface area contributed by atoms with Crippen molar-refractivity contribution in [2.24, 2.45) is 0 Å². The average molecular weight is 473 g/mol. The zero-order valence-corrected chi connectivity index (χ0v) is 20.1. The van der Waals surface area contributed by atoms with Gasteiger partial charge in [-0.2, -0.15) is 5.10 Å². The van der Waals surface area contributed by atoms with Gasteiger partial charge in [0, 0.05) is 25.2 Å². The van der Waals surface area contributed by atoms with E-state index in [9.17, 15) is 4.79 Å². The van der Waals surface area contributed by atoms with Crippen molar-refractivity contribution in [2.45, 2.75) is 31.5 Å². The van der Waals surface area contributed by atoms with Gasteiger partial charge in [-0.05, 0) is 41.9 Å². The van der Waals surface area contributed by atoms with E-state index in [4.69, 9.17) is 9.97 Å². The second-order valence-corrected chi connectivity index (χ2v) is 9.49. The molecule has 4 aromatic rings. The highest BCUT2D eigenvalue weighted by Gasteiger charge is 2.20. The van der Waals surface area contributed by atoms with E-state index in [2.05, 4.69) is 34.4 Å². The molecule has 8 heteroatoms. The summed E-state index contributed by atoms with van der Waals surface area (Å²) in [4.78, 5) is 24.6. The molecule has 0 atom stereocenters. The second kappa shape index (κ2) is 10.3. The molecular weight excluding hydrogens is 444 g/mol. The van der Waals surface area contributed by atoms with Gasteiger partial charge in [0.1, 0.15) is 5.82 Å². The molecule has 34 heavy (non-hydrogen) atoms. The Morgan fingerprint density at radius 1 is 1.00 bits per heavy atom. The zero-order valence-electron chi connectivity index (χ0n) is 19.3. The van der Waals surface area contributed by atoms with Gasteiger partial charge in [0.25, 0.3) is 5.91 Å². The average Bonchev–Trinajstić information content (AvgIpc) is 3.55. The summed E-state index contributed by atoms with van der Waals surface area (Å²) in [6.07, 6.45) is 4.23. The fourth-order valence-corrected chi connectivity index (χ4v) is 4.83. The molecule has 1 aliphatic rings. The molecule has 0 aliphatic carbocycles. The predicted molar refractivity (Wildman–Crippen MR) is 137 cm³/mol. The first-order valence-corrected chi connectivity index (χ1v) is 12.8. The smallest absolute Gasteiger partial charge is 0.251 e. The summed E-state index contributed by atoms with van der Waals surface area (Å²) in [7, 11) is 0. The highest BCUT2D eigenvalue weighted by Crippen LogP contribution is 2.29. The molecule has 0 radical (unpaired) electrons. The number of aromatic nitrogens is 4. The van der Waals surface area contributed by atoms with Crippen LogP contribution < -0.4 is 10.2 Å². The number of amides is 1. The van der Waals surface area contributed by atoms with Gasteiger partial charge >= 0.3 is 0 Å². The number of benzene rings is 2. The van der Waals surface area contributed by atoms with Crippen LogP contribution in [0.2, 0.25) is 0 Å². The van der Waals surface area contributed by atoms with Crippen molar-refractivity contribution < 1.29 is 4.79 Å². The van der Waals surface area contributed by atoms with Crippen LogP contribution in [0, 0.1) is 0 Å². The maximum absolute atomic E-state index is 12.7. The van der Waals surface area contributed by atoms with Crippen molar-refractivity contribution in [3.8, 4) is 11.1 Å². The van der Waals surface area contributed by atoms with Gasteiger partial charge in [0.15, 0.2) is 10.8 Å². The molecule has 0 saturated carbocycles. The largest absolute Gasteiger partial charge is 0.356 e. The number of rotatable bonds is 8. The van der Waals surface area contributed by atoms with Gasteiger partial charge in [-0.3, -0.25) is 4.79 Å². The minimum Gasteiger partial charge on any atom is -0.356 e. The summed E-state index contributed by atoms with van der Waals surface area (Å²) in [6.45, 7) is 5.16. The van der Waals surface area contributed by atoms with E-state index in [1.165, 1.54) is 12.8 Å². The van der Waals surface area contributed by atoms with Crippen LogP contribution in [0.25, 0.3) is 22.2 Å². The molecule has 1 amide bonds. The molecule has 3 heterocycles. The maximum Gasteiger partial charge on any atom is 0.251 e. The van der Waals surface area contributed by atoms with E-state index in [1.54, 1.807) is 11.8 Å². The lowest BCUT2D eigenvalue weighted by Gasteiger charge is -2.17. The first-order chi connectivity index (χ1) is 16.7. The fourth-order valence-electron chi connectivity index (χ4n) is 4.27. The van der Waals surface area contributed by atoms with Crippen LogP contribution in [-0.2, 0) is 6.54 Å². The Kier molecular flexibility index (Phi) is 6.76. The van der Waals surface area contributed by atoms with Gasteiger partial charge in [-0.15, -0.1) is 0 Å². The number of hydrogen-bond donors (Lipinski definition) is 1. The summed E-state index contributed by atoms with van der Waals surface area (Å²) < 4.78 is 1.87. The number of carbonyl (C=O) groups excluding carboxylic acids is 1. The standard InChI is InChI=1S/C26H28N6OS/c1-2-34-26-29-23(31-15-6-7-16-31)22-18-28-32(24(22)30-26)17-14-27-25(33)21-12-10-20(11-13-21)19-8-4-3-5-9-19/h3-5,8-13,18H,2,6-7,14-17H2,1H3,(H,27,33). The second-order valence-electron chi connectivity index (χ2n) is 8.26. The normalized spacial score (nSPS) is 13.5. The molecule has 2 aromatic heterocycles. The molecule has 2 aromatic carbocycles. The summed E-state index contributed by atoms with van der Waals surface area (Å²) in [5.74, 6) is 1.80. The third kappa shape index (κ3) is 4.77. The monoisotopic (exact) mass is 472 g/mol. The third-order valence-electron chi connectivity index (χ3n) is 6.00. The summed E-state index contributed by atoms with van der Waals surface area (Å²) in [5.41, 5.74) is 3.70. The van der Waals surface area contributed by atoms with Crippen LogP contribution in [0.5, 0.6) is 0 Å². The molecular formula is C26H28N6OS. The Labute approximate surface area is 203 Å². The summed E-state index contributed by atoms with van der Waals surface area (Å²) in [6, 6.07) is 17.8. The van der Waals surface area contributed by atoms with Crippen LogP contribution in [-0.4, -0.2) is 51.0 Å². The van der Waals surface area contributed by atoms with Gasteiger partial charge < -0.3 is 10.2 Å². The molecule has 0 spiro atoms. The highest BCUT2D eigenvalue weighted by molar-refractivity contribution is 7.99. The minimum absolute atomic E-state index is 0.0920. The number of nitrogens with one attached hydrogen (secondary N) is 1. The van der Waals surface area contributed by atoms with E-state index < -0.39 is 0 Å². The molecule has 5 rings (SSSR count). The number of carbonyl (C=O) groups is 1. The van der Waals surface area contributed by atoms with Crippen molar-refractivity contribution >= 4 is 34.5 Å². The predicted octanol–water partition coefficient (Wildman–Crippen LogP) is 4.64. The van der Waals surface area contributed by atoms with E-state index in [-0.39, 0.29) is 5.91 Å². The van der Waals surface area contributed by atoms with E-state index in [0.29, 0.717) is 18.7 Å². The van der Waals surface area contributed by atoms with Gasteiger partial charge in [0.2, 0.25) is 0 Å². The van der Waals surface area contributed by atoms with E-state index in [0.717, 1.165) is 52.0 Å². The Morgan fingerprint density at radius 2 is 1.74 bits per heavy atom.